The molecular formula is C9H15N3O4. The minimum Gasteiger partial charge on any atom is -0.481 e. The first-order chi connectivity index (χ1) is 7.56. The third-order valence-electron chi connectivity index (χ3n) is 2.35. The fourth-order valence-corrected chi connectivity index (χ4v) is 1.63. The van der Waals surface area contributed by atoms with E-state index in [1.807, 2.05) is 0 Å². The van der Waals surface area contributed by atoms with E-state index in [1.165, 1.54) is 4.90 Å². The minimum absolute atomic E-state index is 0.101. The molecule has 1 aliphatic rings. The number of carboxylic acids is 1. The van der Waals surface area contributed by atoms with Crippen LogP contribution in [-0.2, 0) is 14.4 Å². The highest BCUT2D eigenvalue weighted by molar-refractivity contribution is 5.92. The fourth-order valence-electron chi connectivity index (χ4n) is 1.63. The average Bonchev–Trinajstić information content (AvgIpc) is 2.20. The quantitative estimate of drug-likeness (QED) is 0.518. The number of hydrogen-bond acceptors (Lipinski definition) is 4. The van der Waals surface area contributed by atoms with Crippen LogP contribution in [0.15, 0.2) is 0 Å². The summed E-state index contributed by atoms with van der Waals surface area (Å²) in [5, 5.41) is 13.9. The summed E-state index contributed by atoms with van der Waals surface area (Å²) in [6.07, 6.45) is -0.360. The van der Waals surface area contributed by atoms with Gasteiger partial charge in [-0.05, 0) is 7.05 Å². The molecule has 0 radical (unpaired) electrons. The Hall–Kier alpha value is -1.63. The summed E-state index contributed by atoms with van der Waals surface area (Å²) in [5.74, 6) is -1.76. The number of rotatable bonds is 4. The number of hydrogen-bond donors (Lipinski definition) is 3. The molecule has 0 bridgehead atoms. The van der Waals surface area contributed by atoms with Crippen molar-refractivity contribution in [2.45, 2.75) is 12.5 Å². The van der Waals surface area contributed by atoms with Gasteiger partial charge >= 0.3 is 5.97 Å². The first kappa shape index (κ1) is 12.4. The molecule has 3 N–H and O–H groups in total. The van der Waals surface area contributed by atoms with Crippen LogP contribution in [0.3, 0.4) is 0 Å². The molecule has 1 rings (SSSR count). The van der Waals surface area contributed by atoms with Crippen LogP contribution in [0.2, 0.25) is 0 Å². The number of carbonyl (C=O) groups excluding carboxylic acids is 2. The first-order valence-electron chi connectivity index (χ1n) is 5.00. The van der Waals surface area contributed by atoms with Crippen molar-refractivity contribution in [2.24, 2.45) is 0 Å². The lowest BCUT2D eigenvalue weighted by atomic mass is 10.1. The molecule has 0 saturated carbocycles. The van der Waals surface area contributed by atoms with Crippen LogP contribution in [0.4, 0.5) is 0 Å². The molecule has 0 spiro atoms. The lowest BCUT2D eigenvalue weighted by Crippen LogP contribution is -2.59. The second-order valence-electron chi connectivity index (χ2n) is 3.52. The molecule has 0 aromatic heterocycles. The molecule has 1 unspecified atom stereocenters. The highest BCUT2D eigenvalue weighted by atomic mass is 16.4. The van der Waals surface area contributed by atoms with Gasteiger partial charge in [-0.2, -0.15) is 0 Å². The van der Waals surface area contributed by atoms with Crippen molar-refractivity contribution in [1.29, 1.82) is 0 Å². The van der Waals surface area contributed by atoms with E-state index in [-0.39, 0.29) is 18.9 Å². The molecule has 7 nitrogen and oxygen atoms in total. The van der Waals surface area contributed by atoms with Crippen LogP contribution in [0.5, 0.6) is 0 Å². The van der Waals surface area contributed by atoms with E-state index in [1.54, 1.807) is 7.05 Å². The van der Waals surface area contributed by atoms with E-state index < -0.39 is 17.9 Å². The normalized spacial score (nSPS) is 20.4. The first-order valence-corrected chi connectivity index (χ1v) is 5.00. The lowest BCUT2D eigenvalue weighted by Gasteiger charge is -2.34. The Balaban J connectivity index is 2.73. The van der Waals surface area contributed by atoms with Gasteiger partial charge in [-0.15, -0.1) is 0 Å². The number of piperazine rings is 1. The average molecular weight is 229 g/mol. The van der Waals surface area contributed by atoms with Crippen molar-refractivity contribution in [3.63, 3.8) is 0 Å². The lowest BCUT2D eigenvalue weighted by molar-refractivity contribution is -0.148. The van der Waals surface area contributed by atoms with Crippen molar-refractivity contribution in [1.82, 2.24) is 15.5 Å². The number of nitrogens with zero attached hydrogens (tertiary/aromatic N) is 1. The molecule has 90 valence electrons. The van der Waals surface area contributed by atoms with E-state index in [9.17, 15) is 14.4 Å². The van der Waals surface area contributed by atoms with Gasteiger partial charge in [-0.1, -0.05) is 0 Å². The predicted octanol–water partition coefficient (Wildman–Crippen LogP) is -1.99. The molecule has 2 amide bonds. The van der Waals surface area contributed by atoms with Crippen LogP contribution >= 0.6 is 0 Å². The van der Waals surface area contributed by atoms with E-state index in [2.05, 4.69) is 10.6 Å². The molecule has 0 aromatic rings. The molecule has 1 fully saturated rings. The summed E-state index contributed by atoms with van der Waals surface area (Å²) < 4.78 is 0. The van der Waals surface area contributed by atoms with Gasteiger partial charge in [0.05, 0.1) is 13.0 Å². The molecular weight excluding hydrogens is 214 g/mol. The summed E-state index contributed by atoms with van der Waals surface area (Å²) in [6, 6.07) is -0.896. The Labute approximate surface area is 92.8 Å². The monoisotopic (exact) mass is 229 g/mol. The maximum Gasteiger partial charge on any atom is 0.305 e. The van der Waals surface area contributed by atoms with E-state index in [0.717, 1.165) is 0 Å². The zero-order valence-corrected chi connectivity index (χ0v) is 9.02. The van der Waals surface area contributed by atoms with E-state index >= 15 is 0 Å². The van der Waals surface area contributed by atoms with Crippen LogP contribution in [0.25, 0.3) is 0 Å². The van der Waals surface area contributed by atoms with Gasteiger partial charge < -0.3 is 20.6 Å². The van der Waals surface area contributed by atoms with Gasteiger partial charge in [0.2, 0.25) is 11.8 Å². The van der Waals surface area contributed by atoms with Crippen LogP contribution in [0.1, 0.15) is 6.42 Å². The molecule has 1 heterocycles. The maximum absolute atomic E-state index is 11.6. The number of amides is 2. The molecule has 0 aromatic carbocycles. The second-order valence-corrected chi connectivity index (χ2v) is 3.52. The Kier molecular flexibility index (Phi) is 4.24. The molecule has 7 heteroatoms. The van der Waals surface area contributed by atoms with Gasteiger partial charge in [-0.25, -0.2) is 0 Å². The van der Waals surface area contributed by atoms with Gasteiger partial charge in [0.25, 0.3) is 0 Å². The van der Waals surface area contributed by atoms with E-state index in [4.69, 9.17) is 5.11 Å². The number of carboxylic acid groups (broad SMARTS) is 1. The van der Waals surface area contributed by atoms with Crippen LogP contribution in [-0.4, -0.2) is 60.5 Å². The van der Waals surface area contributed by atoms with Crippen molar-refractivity contribution in [3.8, 4) is 0 Å². The Morgan fingerprint density at radius 3 is 2.88 bits per heavy atom. The topological polar surface area (TPSA) is 98.7 Å². The maximum atomic E-state index is 11.6. The summed E-state index contributed by atoms with van der Waals surface area (Å²) in [4.78, 5) is 35.0. The van der Waals surface area contributed by atoms with Gasteiger partial charge in [0.1, 0.15) is 6.04 Å². The summed E-state index contributed by atoms with van der Waals surface area (Å²) in [6.45, 7) is 0.817. The minimum atomic E-state index is -1.09. The van der Waals surface area contributed by atoms with E-state index in [0.29, 0.717) is 13.1 Å². The Morgan fingerprint density at radius 1 is 1.62 bits per heavy atom. The summed E-state index contributed by atoms with van der Waals surface area (Å²) in [5.41, 5.74) is 0. The molecule has 1 atom stereocenters. The van der Waals surface area contributed by atoms with Crippen LogP contribution in [0, 0.1) is 0 Å². The third-order valence-corrected chi connectivity index (χ3v) is 2.35. The van der Waals surface area contributed by atoms with Gasteiger partial charge in [-0.3, -0.25) is 14.4 Å². The van der Waals surface area contributed by atoms with Gasteiger partial charge in [0, 0.05) is 13.1 Å². The zero-order chi connectivity index (χ0) is 12.1. The molecule has 1 saturated heterocycles. The zero-order valence-electron chi connectivity index (χ0n) is 9.02. The standard InChI is InChI=1S/C9H15N3O4/c1-10-5-7(13)12-3-2-11-9(16)6(12)4-8(14)15/h6,10H,2-5H2,1H3,(H,11,16)(H,14,15). The number of aliphatic carboxylic acids is 1. The van der Waals surface area contributed by atoms with Crippen molar-refractivity contribution in [3.05, 3.63) is 0 Å². The SMILES string of the molecule is CNCC(=O)N1CCNC(=O)C1CC(=O)O. The number of nitrogens with one attached hydrogen (secondary N) is 2. The molecule has 1 aliphatic heterocycles. The largest absolute Gasteiger partial charge is 0.481 e. The highest BCUT2D eigenvalue weighted by Crippen LogP contribution is 2.09. The summed E-state index contributed by atoms with van der Waals surface area (Å²) in [7, 11) is 1.62. The number of carbonyl (C=O) groups is 3. The van der Waals surface area contributed by atoms with Gasteiger partial charge in [0.15, 0.2) is 0 Å². The molecule has 0 aliphatic carbocycles. The highest BCUT2D eigenvalue weighted by Gasteiger charge is 2.34. The predicted molar refractivity (Wildman–Crippen MR) is 54.7 cm³/mol. The van der Waals surface area contributed by atoms with Crippen molar-refractivity contribution in [2.75, 3.05) is 26.7 Å². The van der Waals surface area contributed by atoms with Crippen molar-refractivity contribution < 1.29 is 19.5 Å². The summed E-state index contributed by atoms with van der Waals surface area (Å²) >= 11 is 0. The third kappa shape index (κ3) is 2.93. The Bertz CT molecular complexity index is 305. The molecule has 16 heavy (non-hydrogen) atoms. The fraction of sp³-hybridized carbons (Fsp3) is 0.667. The van der Waals surface area contributed by atoms with Crippen LogP contribution < -0.4 is 10.6 Å². The second kappa shape index (κ2) is 5.45. The Morgan fingerprint density at radius 2 is 2.31 bits per heavy atom. The smallest absolute Gasteiger partial charge is 0.305 e. The van der Waals surface area contributed by atoms with Crippen molar-refractivity contribution >= 4 is 17.8 Å². The number of likely N-dealkylation sites (N-methyl/N-ethyl adjacent to an activating group) is 1.